The van der Waals surface area contributed by atoms with Crippen LogP contribution in [0.25, 0.3) is 0 Å². The molecule has 0 radical (unpaired) electrons. The maximum atomic E-state index is 14.0. The van der Waals surface area contributed by atoms with Crippen LogP contribution in [0.1, 0.15) is 38.7 Å². The third-order valence-corrected chi connectivity index (χ3v) is 5.27. The van der Waals surface area contributed by atoms with E-state index in [1.807, 2.05) is 24.0 Å². The fraction of sp³-hybridized carbons (Fsp3) is 0.429. The highest BCUT2D eigenvalue weighted by molar-refractivity contribution is 5.89. The van der Waals surface area contributed by atoms with Gasteiger partial charge >= 0.3 is 6.03 Å². The number of rotatable bonds is 4. The molecule has 1 aliphatic heterocycles. The van der Waals surface area contributed by atoms with Gasteiger partial charge in [-0.3, -0.25) is 0 Å². The predicted molar refractivity (Wildman–Crippen MR) is 107 cm³/mol. The van der Waals surface area contributed by atoms with Crippen molar-refractivity contribution in [2.75, 3.05) is 29.9 Å². The Bertz CT molecular complexity index is 780. The van der Waals surface area contributed by atoms with E-state index in [1.165, 1.54) is 11.6 Å². The molecule has 1 aromatic carbocycles. The summed E-state index contributed by atoms with van der Waals surface area (Å²) in [5, 5.41) is 2.97. The first-order valence-corrected chi connectivity index (χ1v) is 9.52. The summed E-state index contributed by atoms with van der Waals surface area (Å²) in [5.41, 5.74) is 2.06. The summed E-state index contributed by atoms with van der Waals surface area (Å²) in [4.78, 5) is 20.5. The molecule has 1 fully saturated rings. The van der Waals surface area contributed by atoms with E-state index in [-0.39, 0.29) is 17.9 Å². The zero-order valence-electron chi connectivity index (χ0n) is 16.2. The van der Waals surface area contributed by atoms with Crippen LogP contribution >= 0.6 is 0 Å². The maximum absolute atomic E-state index is 14.0. The van der Waals surface area contributed by atoms with Gasteiger partial charge in [-0.2, -0.15) is 0 Å². The van der Waals surface area contributed by atoms with Crippen molar-refractivity contribution in [1.82, 2.24) is 9.88 Å². The average Bonchev–Trinajstić information content (AvgIpc) is 2.68. The molecule has 0 spiro atoms. The first kappa shape index (κ1) is 19.1. The summed E-state index contributed by atoms with van der Waals surface area (Å²) in [6.07, 6.45) is 2.68. The highest BCUT2D eigenvalue weighted by atomic mass is 19.1. The second-order valence-electron chi connectivity index (χ2n) is 7.16. The van der Waals surface area contributed by atoms with Crippen LogP contribution in [-0.4, -0.2) is 41.6 Å². The third kappa shape index (κ3) is 4.38. The molecular weight excluding hydrogens is 343 g/mol. The van der Waals surface area contributed by atoms with Crippen molar-refractivity contribution in [3.05, 3.63) is 54.0 Å². The molecule has 27 heavy (non-hydrogen) atoms. The normalized spacial score (nSPS) is 18.3. The lowest BCUT2D eigenvalue weighted by Crippen LogP contribution is -2.55. The van der Waals surface area contributed by atoms with Gasteiger partial charge in [0.1, 0.15) is 0 Å². The Labute approximate surface area is 160 Å². The summed E-state index contributed by atoms with van der Waals surface area (Å²) < 4.78 is 14.0. The number of urea groups is 1. The van der Waals surface area contributed by atoms with Gasteiger partial charge in [-0.15, -0.1) is 0 Å². The van der Waals surface area contributed by atoms with Crippen LogP contribution in [0, 0.1) is 5.82 Å². The van der Waals surface area contributed by atoms with Crippen LogP contribution in [0.5, 0.6) is 0 Å². The second-order valence-corrected chi connectivity index (χ2v) is 7.16. The lowest BCUT2D eigenvalue weighted by molar-refractivity contribution is 0.184. The molecule has 1 unspecified atom stereocenters. The third-order valence-electron chi connectivity index (χ3n) is 5.27. The Morgan fingerprint density at radius 2 is 2.04 bits per heavy atom. The quantitative estimate of drug-likeness (QED) is 0.863. The number of nitrogens with one attached hydrogen (secondary N) is 1. The van der Waals surface area contributed by atoms with Crippen molar-refractivity contribution in [3.63, 3.8) is 0 Å². The van der Waals surface area contributed by atoms with Gasteiger partial charge in [-0.25, -0.2) is 14.2 Å². The molecule has 0 saturated carbocycles. The number of benzene rings is 1. The van der Waals surface area contributed by atoms with Crippen molar-refractivity contribution in [2.45, 2.75) is 39.2 Å². The standard InChI is InChI=1S/C21H27FN4O/c1-4-15(2)17-7-9-18(10-8-17)24-21(27)26-13-12-25(14-16(26)3)20-19(22)6-5-11-23-20/h5-11,15-16H,4,12-14H2,1-3H3,(H,24,27)/t15?,16-/m1/s1. The molecule has 2 heterocycles. The van der Waals surface area contributed by atoms with Gasteiger partial charge in [0.15, 0.2) is 11.6 Å². The number of carbonyl (C=O) groups excluding carboxylic acids is 1. The summed E-state index contributed by atoms with van der Waals surface area (Å²) in [7, 11) is 0. The van der Waals surface area contributed by atoms with Crippen molar-refractivity contribution in [2.24, 2.45) is 0 Å². The van der Waals surface area contributed by atoms with E-state index in [1.54, 1.807) is 17.2 Å². The van der Waals surface area contributed by atoms with Crippen LogP contribution in [0.2, 0.25) is 0 Å². The number of amides is 2. The number of carbonyl (C=O) groups is 1. The molecule has 144 valence electrons. The van der Waals surface area contributed by atoms with Gasteiger partial charge in [-0.1, -0.05) is 26.0 Å². The molecular formula is C21H27FN4O. The van der Waals surface area contributed by atoms with E-state index in [4.69, 9.17) is 0 Å². The van der Waals surface area contributed by atoms with Gasteiger partial charge in [0.25, 0.3) is 0 Å². The Morgan fingerprint density at radius 3 is 2.67 bits per heavy atom. The minimum absolute atomic E-state index is 0.0421. The average molecular weight is 370 g/mol. The maximum Gasteiger partial charge on any atom is 0.322 e. The van der Waals surface area contributed by atoms with Crippen LogP contribution in [0.15, 0.2) is 42.6 Å². The SMILES string of the molecule is CCC(C)c1ccc(NC(=O)N2CCN(c3ncccc3F)C[C@H]2C)cc1. The van der Waals surface area contributed by atoms with Gasteiger partial charge in [-0.05, 0) is 49.1 Å². The largest absolute Gasteiger partial charge is 0.350 e. The van der Waals surface area contributed by atoms with Crippen molar-refractivity contribution in [3.8, 4) is 0 Å². The fourth-order valence-electron chi connectivity index (χ4n) is 3.39. The predicted octanol–water partition coefficient (Wildman–Crippen LogP) is 4.48. The van der Waals surface area contributed by atoms with Gasteiger partial charge < -0.3 is 15.1 Å². The molecule has 0 aliphatic carbocycles. The Kier molecular flexibility index (Phi) is 5.94. The molecule has 2 aromatic rings. The number of hydrogen-bond donors (Lipinski definition) is 1. The number of anilines is 2. The highest BCUT2D eigenvalue weighted by Crippen LogP contribution is 2.22. The number of halogens is 1. The van der Waals surface area contributed by atoms with Crippen molar-refractivity contribution < 1.29 is 9.18 Å². The van der Waals surface area contributed by atoms with E-state index in [2.05, 4.69) is 36.3 Å². The number of aromatic nitrogens is 1. The molecule has 3 rings (SSSR count). The zero-order valence-corrected chi connectivity index (χ0v) is 16.2. The molecule has 2 amide bonds. The van der Waals surface area contributed by atoms with E-state index in [9.17, 15) is 9.18 Å². The monoisotopic (exact) mass is 370 g/mol. The molecule has 6 heteroatoms. The first-order valence-electron chi connectivity index (χ1n) is 9.52. The molecule has 1 saturated heterocycles. The van der Waals surface area contributed by atoms with Crippen LogP contribution < -0.4 is 10.2 Å². The Balaban J connectivity index is 1.61. The first-order chi connectivity index (χ1) is 13.0. The number of nitrogens with zero attached hydrogens (tertiary/aromatic N) is 3. The summed E-state index contributed by atoms with van der Waals surface area (Å²) in [6, 6.07) is 10.9. The van der Waals surface area contributed by atoms with Gasteiger partial charge in [0, 0.05) is 37.6 Å². The van der Waals surface area contributed by atoms with Crippen molar-refractivity contribution in [1.29, 1.82) is 0 Å². The van der Waals surface area contributed by atoms with E-state index in [0.717, 1.165) is 12.1 Å². The minimum atomic E-state index is -0.330. The van der Waals surface area contributed by atoms with Crippen LogP contribution in [0.3, 0.4) is 0 Å². The lowest BCUT2D eigenvalue weighted by Gasteiger charge is -2.40. The Hall–Kier alpha value is -2.63. The van der Waals surface area contributed by atoms with E-state index in [0.29, 0.717) is 31.4 Å². The molecule has 2 atom stereocenters. The molecule has 5 nitrogen and oxygen atoms in total. The summed E-state index contributed by atoms with van der Waals surface area (Å²) in [5.74, 6) is 0.531. The molecule has 1 aliphatic rings. The number of pyridine rings is 1. The highest BCUT2D eigenvalue weighted by Gasteiger charge is 2.29. The number of hydrogen-bond acceptors (Lipinski definition) is 3. The van der Waals surface area contributed by atoms with Gasteiger partial charge in [0.2, 0.25) is 0 Å². The van der Waals surface area contributed by atoms with Gasteiger partial charge in [0.05, 0.1) is 0 Å². The summed E-state index contributed by atoms with van der Waals surface area (Å²) >= 11 is 0. The molecule has 1 N–H and O–H groups in total. The van der Waals surface area contributed by atoms with E-state index < -0.39 is 0 Å². The van der Waals surface area contributed by atoms with Crippen LogP contribution in [0.4, 0.5) is 20.7 Å². The number of piperazine rings is 1. The smallest absolute Gasteiger partial charge is 0.322 e. The molecule has 1 aromatic heterocycles. The fourth-order valence-corrected chi connectivity index (χ4v) is 3.39. The minimum Gasteiger partial charge on any atom is -0.350 e. The molecule has 0 bridgehead atoms. The topological polar surface area (TPSA) is 48.5 Å². The summed E-state index contributed by atoms with van der Waals surface area (Å²) in [6.45, 7) is 7.96. The van der Waals surface area contributed by atoms with E-state index >= 15 is 0 Å². The second kappa shape index (κ2) is 8.37. The zero-order chi connectivity index (χ0) is 19.4. The Morgan fingerprint density at radius 1 is 1.30 bits per heavy atom. The van der Waals surface area contributed by atoms with Crippen LogP contribution in [-0.2, 0) is 0 Å². The van der Waals surface area contributed by atoms with Crippen molar-refractivity contribution >= 4 is 17.5 Å². The lowest BCUT2D eigenvalue weighted by atomic mass is 9.99.